The van der Waals surface area contributed by atoms with Gasteiger partial charge in [-0.2, -0.15) is 0 Å². The Labute approximate surface area is 110 Å². The smallest absolute Gasteiger partial charge is 0.247 e. The van der Waals surface area contributed by atoms with Crippen molar-refractivity contribution in [2.45, 2.75) is 0 Å². The maximum atomic E-state index is 11.5. The predicted molar refractivity (Wildman–Crippen MR) is 68.7 cm³/mol. The molecule has 0 aromatic heterocycles. The highest BCUT2D eigenvalue weighted by molar-refractivity contribution is 8.08. The molecule has 0 aliphatic rings. The molecule has 0 saturated heterocycles. The molecule has 17 heavy (non-hydrogen) atoms. The molecule has 0 heterocycles. The number of hydrogen-bond donors (Lipinski definition) is 1. The first-order valence-corrected chi connectivity index (χ1v) is 8.69. The topological polar surface area (TPSA) is 80.3 Å². The summed E-state index contributed by atoms with van der Waals surface area (Å²) in [6.07, 6.45) is 0.831. The standard InChI is InChI=1S/C8H9Cl2NO4S2/c1-16(12,13)5-17(14,15)11-8-3-6(9)2-7(10)4-8/h2-4,11H,5H2,1H3. The summed E-state index contributed by atoms with van der Waals surface area (Å²) in [6, 6.07) is 4.08. The van der Waals surface area contributed by atoms with Gasteiger partial charge in [-0.3, -0.25) is 4.72 Å². The molecule has 0 fully saturated rings. The number of anilines is 1. The molecule has 1 N–H and O–H groups in total. The van der Waals surface area contributed by atoms with Gasteiger partial charge in [0.1, 0.15) is 0 Å². The molecule has 0 radical (unpaired) electrons. The zero-order chi connectivity index (χ0) is 13.3. The molecule has 96 valence electrons. The minimum Gasteiger partial charge on any atom is -0.283 e. The summed E-state index contributed by atoms with van der Waals surface area (Å²) in [5.41, 5.74) is 0.117. The second kappa shape index (κ2) is 5.01. The second-order valence-electron chi connectivity index (χ2n) is 3.42. The van der Waals surface area contributed by atoms with E-state index in [4.69, 9.17) is 23.2 Å². The Morgan fingerprint density at radius 1 is 1.06 bits per heavy atom. The first kappa shape index (κ1) is 14.6. The SMILES string of the molecule is CS(=O)(=O)CS(=O)(=O)Nc1cc(Cl)cc(Cl)c1. The average molecular weight is 318 g/mol. The lowest BCUT2D eigenvalue weighted by Crippen LogP contribution is -2.22. The van der Waals surface area contributed by atoms with E-state index in [1.165, 1.54) is 18.2 Å². The van der Waals surface area contributed by atoms with Gasteiger partial charge in [0.05, 0.1) is 5.69 Å². The van der Waals surface area contributed by atoms with Crippen LogP contribution in [-0.2, 0) is 19.9 Å². The lowest BCUT2D eigenvalue weighted by atomic mass is 10.3. The third-order valence-corrected chi connectivity index (χ3v) is 5.44. The van der Waals surface area contributed by atoms with Crippen LogP contribution in [0.5, 0.6) is 0 Å². The Hall–Kier alpha value is -0.500. The van der Waals surface area contributed by atoms with Crippen LogP contribution in [0.1, 0.15) is 0 Å². The number of sulfone groups is 1. The normalized spacial score (nSPS) is 12.4. The van der Waals surface area contributed by atoms with Crippen molar-refractivity contribution in [3.8, 4) is 0 Å². The molecule has 5 nitrogen and oxygen atoms in total. The Balaban J connectivity index is 2.98. The van der Waals surface area contributed by atoms with E-state index >= 15 is 0 Å². The monoisotopic (exact) mass is 317 g/mol. The van der Waals surface area contributed by atoms with Gasteiger partial charge in [0.15, 0.2) is 14.9 Å². The van der Waals surface area contributed by atoms with Crippen LogP contribution < -0.4 is 4.72 Å². The Morgan fingerprint density at radius 2 is 1.53 bits per heavy atom. The molecule has 0 saturated carbocycles. The van der Waals surface area contributed by atoms with Crippen molar-refractivity contribution in [3.63, 3.8) is 0 Å². The van der Waals surface area contributed by atoms with Crippen molar-refractivity contribution >= 4 is 48.7 Å². The molecule has 0 aliphatic carbocycles. The Bertz CT molecular complexity index is 605. The minimum absolute atomic E-state index is 0.117. The van der Waals surface area contributed by atoms with Gasteiger partial charge in [-0.1, -0.05) is 23.2 Å². The maximum absolute atomic E-state index is 11.5. The van der Waals surface area contributed by atoms with Crippen molar-refractivity contribution in [1.29, 1.82) is 0 Å². The number of rotatable bonds is 4. The highest BCUT2D eigenvalue weighted by Gasteiger charge is 2.18. The molecule has 1 rings (SSSR count). The van der Waals surface area contributed by atoms with Crippen LogP contribution in [0.3, 0.4) is 0 Å². The van der Waals surface area contributed by atoms with Gasteiger partial charge in [-0.25, -0.2) is 16.8 Å². The van der Waals surface area contributed by atoms with E-state index in [0.29, 0.717) is 0 Å². The quantitative estimate of drug-likeness (QED) is 0.917. The Morgan fingerprint density at radius 3 is 1.94 bits per heavy atom. The minimum atomic E-state index is -3.98. The first-order chi connectivity index (χ1) is 7.57. The summed E-state index contributed by atoms with van der Waals surface area (Å²) in [4.78, 5) is 0. The third-order valence-electron chi connectivity index (χ3n) is 1.51. The van der Waals surface area contributed by atoms with Crippen LogP contribution in [0.2, 0.25) is 10.0 Å². The summed E-state index contributed by atoms with van der Waals surface area (Å²) in [6.45, 7) is 0. The number of benzene rings is 1. The zero-order valence-corrected chi connectivity index (χ0v) is 11.8. The van der Waals surface area contributed by atoms with Crippen LogP contribution >= 0.6 is 23.2 Å². The number of sulfonamides is 1. The molecule has 0 unspecified atom stereocenters. The predicted octanol–water partition coefficient (Wildman–Crippen LogP) is 1.74. The molecule has 1 aromatic carbocycles. The van der Waals surface area contributed by atoms with Crippen molar-refractivity contribution in [2.75, 3.05) is 16.1 Å². The fourth-order valence-electron chi connectivity index (χ4n) is 1.10. The number of halogens is 2. The molecular formula is C8H9Cl2NO4S2. The molecule has 0 aliphatic heterocycles. The lowest BCUT2D eigenvalue weighted by Gasteiger charge is -2.07. The fourth-order valence-corrected chi connectivity index (χ4v) is 4.60. The van der Waals surface area contributed by atoms with Crippen molar-refractivity contribution in [1.82, 2.24) is 0 Å². The van der Waals surface area contributed by atoms with E-state index in [1.54, 1.807) is 0 Å². The highest BCUT2D eigenvalue weighted by Crippen LogP contribution is 2.23. The highest BCUT2D eigenvalue weighted by atomic mass is 35.5. The van der Waals surface area contributed by atoms with E-state index in [2.05, 4.69) is 4.72 Å². The summed E-state index contributed by atoms with van der Waals surface area (Å²) in [7, 11) is -7.62. The number of nitrogens with one attached hydrogen (secondary N) is 1. The molecule has 0 atom stereocenters. The lowest BCUT2D eigenvalue weighted by molar-refractivity contribution is 0.595. The molecule has 0 spiro atoms. The van der Waals surface area contributed by atoms with E-state index in [9.17, 15) is 16.8 Å². The van der Waals surface area contributed by atoms with Gasteiger partial charge < -0.3 is 0 Å². The van der Waals surface area contributed by atoms with Gasteiger partial charge in [0, 0.05) is 16.3 Å². The van der Waals surface area contributed by atoms with Crippen molar-refractivity contribution < 1.29 is 16.8 Å². The van der Waals surface area contributed by atoms with Gasteiger partial charge >= 0.3 is 0 Å². The van der Waals surface area contributed by atoms with E-state index in [-0.39, 0.29) is 15.7 Å². The summed E-state index contributed by atoms with van der Waals surface area (Å²) in [5, 5.41) is -0.506. The molecular weight excluding hydrogens is 309 g/mol. The third kappa shape index (κ3) is 5.58. The number of hydrogen-bond acceptors (Lipinski definition) is 4. The fraction of sp³-hybridized carbons (Fsp3) is 0.250. The summed E-state index contributed by atoms with van der Waals surface area (Å²) < 4.78 is 46.8. The first-order valence-electron chi connectivity index (χ1n) is 4.22. The summed E-state index contributed by atoms with van der Waals surface area (Å²) >= 11 is 11.3. The van der Waals surface area contributed by atoms with Crippen LogP contribution in [0, 0.1) is 0 Å². The average Bonchev–Trinajstić information content (AvgIpc) is 1.93. The van der Waals surface area contributed by atoms with Crippen LogP contribution in [0.15, 0.2) is 18.2 Å². The molecule has 0 amide bonds. The van der Waals surface area contributed by atoms with E-state index in [1.807, 2.05) is 0 Å². The molecule has 1 aromatic rings. The van der Waals surface area contributed by atoms with Crippen molar-refractivity contribution in [2.24, 2.45) is 0 Å². The largest absolute Gasteiger partial charge is 0.283 e. The zero-order valence-electron chi connectivity index (χ0n) is 8.64. The van der Waals surface area contributed by atoms with Gasteiger partial charge in [-0.05, 0) is 18.2 Å². The van der Waals surface area contributed by atoms with Crippen LogP contribution in [0.25, 0.3) is 0 Å². The van der Waals surface area contributed by atoms with Crippen molar-refractivity contribution in [3.05, 3.63) is 28.2 Å². The van der Waals surface area contributed by atoms with E-state index < -0.39 is 24.9 Å². The van der Waals surface area contributed by atoms with Gasteiger partial charge in [0.25, 0.3) is 0 Å². The van der Waals surface area contributed by atoms with Gasteiger partial charge in [-0.15, -0.1) is 0 Å². The summed E-state index contributed by atoms with van der Waals surface area (Å²) in [5.74, 6) is 0. The molecule has 9 heteroatoms. The van der Waals surface area contributed by atoms with Gasteiger partial charge in [0.2, 0.25) is 10.0 Å². The van der Waals surface area contributed by atoms with Crippen LogP contribution in [-0.4, -0.2) is 28.2 Å². The second-order valence-corrected chi connectivity index (χ2v) is 8.52. The maximum Gasteiger partial charge on any atom is 0.247 e. The molecule has 0 bridgehead atoms. The van der Waals surface area contributed by atoms with E-state index in [0.717, 1.165) is 6.26 Å². The Kier molecular flexibility index (Phi) is 4.29. The van der Waals surface area contributed by atoms with Crippen LogP contribution in [0.4, 0.5) is 5.69 Å².